The molecule has 9 heteroatoms. The number of aromatic nitrogens is 3. The van der Waals surface area contributed by atoms with E-state index in [1.54, 1.807) is 38.3 Å². The number of benzene rings is 1. The Morgan fingerprint density at radius 2 is 2.00 bits per heavy atom. The monoisotopic (exact) mass is 355 g/mol. The molecule has 9 nitrogen and oxygen atoms in total. The molecule has 26 heavy (non-hydrogen) atoms. The quantitative estimate of drug-likeness (QED) is 0.694. The Morgan fingerprint density at radius 3 is 2.69 bits per heavy atom. The molecule has 0 aliphatic rings. The van der Waals surface area contributed by atoms with Crippen LogP contribution in [0.15, 0.2) is 41.1 Å². The lowest BCUT2D eigenvalue weighted by molar-refractivity contribution is 0.102. The lowest BCUT2D eigenvalue weighted by Crippen LogP contribution is -2.15. The second kappa shape index (κ2) is 7.51. The van der Waals surface area contributed by atoms with Crippen LogP contribution in [0.1, 0.15) is 16.2 Å². The van der Waals surface area contributed by atoms with Gasteiger partial charge < -0.3 is 24.6 Å². The van der Waals surface area contributed by atoms with Gasteiger partial charge in [0.1, 0.15) is 23.0 Å². The van der Waals surface area contributed by atoms with Gasteiger partial charge in [0.2, 0.25) is 5.95 Å². The van der Waals surface area contributed by atoms with Gasteiger partial charge in [0.25, 0.3) is 5.91 Å². The number of aryl methyl sites for hydroxylation is 1. The predicted molar refractivity (Wildman–Crippen MR) is 94.1 cm³/mol. The predicted octanol–water partition coefficient (Wildman–Crippen LogP) is 2.79. The third-order valence-corrected chi connectivity index (χ3v) is 3.41. The molecule has 134 valence electrons. The summed E-state index contributed by atoms with van der Waals surface area (Å²) in [5, 5.41) is 9.42. The molecule has 0 aliphatic carbocycles. The molecule has 2 aromatic heterocycles. The van der Waals surface area contributed by atoms with Crippen molar-refractivity contribution in [3.8, 4) is 11.5 Å². The second-order valence-electron chi connectivity index (χ2n) is 5.23. The third kappa shape index (κ3) is 3.89. The summed E-state index contributed by atoms with van der Waals surface area (Å²) in [5.41, 5.74) is 0.680. The maximum Gasteiger partial charge on any atom is 0.274 e. The van der Waals surface area contributed by atoms with Crippen LogP contribution in [-0.4, -0.2) is 35.3 Å². The van der Waals surface area contributed by atoms with Crippen LogP contribution in [0, 0.1) is 6.92 Å². The first kappa shape index (κ1) is 17.2. The third-order valence-electron chi connectivity index (χ3n) is 3.41. The van der Waals surface area contributed by atoms with Crippen molar-refractivity contribution in [2.75, 3.05) is 24.9 Å². The Labute approximate surface area is 149 Å². The summed E-state index contributed by atoms with van der Waals surface area (Å²) in [7, 11) is 3.07. The van der Waals surface area contributed by atoms with Crippen molar-refractivity contribution >= 4 is 23.4 Å². The highest BCUT2D eigenvalue weighted by Gasteiger charge is 2.13. The van der Waals surface area contributed by atoms with Crippen molar-refractivity contribution in [3.05, 3.63) is 48.0 Å². The molecule has 0 aliphatic heterocycles. The van der Waals surface area contributed by atoms with Crippen LogP contribution in [0.2, 0.25) is 0 Å². The van der Waals surface area contributed by atoms with Crippen molar-refractivity contribution in [2.24, 2.45) is 0 Å². The van der Waals surface area contributed by atoms with E-state index in [4.69, 9.17) is 14.0 Å². The average Bonchev–Trinajstić information content (AvgIpc) is 3.06. The lowest BCUT2D eigenvalue weighted by atomic mass is 10.2. The van der Waals surface area contributed by atoms with Crippen molar-refractivity contribution in [3.63, 3.8) is 0 Å². The largest absolute Gasteiger partial charge is 0.497 e. The summed E-state index contributed by atoms with van der Waals surface area (Å²) in [5.74, 6) is 2.02. The number of nitrogens with zero attached hydrogens (tertiary/aromatic N) is 3. The number of ether oxygens (including phenoxy) is 2. The minimum absolute atomic E-state index is 0.181. The smallest absolute Gasteiger partial charge is 0.274 e. The maximum atomic E-state index is 12.5. The van der Waals surface area contributed by atoms with Crippen molar-refractivity contribution in [2.45, 2.75) is 6.92 Å². The highest BCUT2D eigenvalue weighted by atomic mass is 16.5. The molecule has 3 aromatic rings. The zero-order chi connectivity index (χ0) is 18.5. The normalized spacial score (nSPS) is 10.3. The molecule has 0 saturated heterocycles. The molecular formula is C17H17N5O4. The van der Waals surface area contributed by atoms with E-state index in [-0.39, 0.29) is 11.6 Å². The van der Waals surface area contributed by atoms with Crippen molar-refractivity contribution < 1.29 is 18.8 Å². The van der Waals surface area contributed by atoms with Crippen LogP contribution in [-0.2, 0) is 0 Å². The Hall–Kier alpha value is -3.62. The first-order chi connectivity index (χ1) is 12.6. The fourth-order valence-electron chi connectivity index (χ4n) is 2.17. The number of hydrogen-bond donors (Lipinski definition) is 2. The molecule has 0 bridgehead atoms. The van der Waals surface area contributed by atoms with Gasteiger partial charge in [0.05, 0.1) is 19.9 Å². The van der Waals surface area contributed by atoms with E-state index in [9.17, 15) is 4.79 Å². The zero-order valence-corrected chi connectivity index (χ0v) is 14.4. The number of amides is 1. The molecule has 3 rings (SSSR count). The Bertz CT molecular complexity index is 925. The highest BCUT2D eigenvalue weighted by Crippen LogP contribution is 2.29. The van der Waals surface area contributed by atoms with Crippen LogP contribution in [0.25, 0.3) is 0 Å². The molecule has 2 N–H and O–H groups in total. The van der Waals surface area contributed by atoms with Crippen LogP contribution in [0.5, 0.6) is 11.5 Å². The summed E-state index contributed by atoms with van der Waals surface area (Å²) in [4.78, 5) is 20.7. The molecule has 1 aromatic carbocycles. The zero-order valence-electron chi connectivity index (χ0n) is 14.4. The topological polar surface area (TPSA) is 111 Å². The number of hydrogen-bond acceptors (Lipinski definition) is 8. The summed E-state index contributed by atoms with van der Waals surface area (Å²) < 4.78 is 15.4. The number of anilines is 3. The molecular weight excluding hydrogens is 338 g/mol. The molecule has 0 spiro atoms. The molecule has 0 radical (unpaired) electrons. The molecule has 2 heterocycles. The Morgan fingerprint density at radius 1 is 1.15 bits per heavy atom. The van der Waals surface area contributed by atoms with E-state index in [2.05, 4.69) is 25.8 Å². The molecule has 0 fully saturated rings. The van der Waals surface area contributed by atoms with Gasteiger partial charge in [0.15, 0.2) is 5.82 Å². The molecule has 1 amide bonds. The van der Waals surface area contributed by atoms with Crippen LogP contribution in [0.4, 0.5) is 17.5 Å². The molecule has 0 saturated carbocycles. The minimum Gasteiger partial charge on any atom is -0.497 e. The summed E-state index contributed by atoms with van der Waals surface area (Å²) in [6, 6.07) is 8.28. The van der Waals surface area contributed by atoms with Gasteiger partial charge in [-0.05, 0) is 25.1 Å². The lowest BCUT2D eigenvalue weighted by Gasteiger charge is -2.11. The number of carbonyl (C=O) groups excluding carboxylic acids is 1. The van der Waals surface area contributed by atoms with Crippen LogP contribution >= 0.6 is 0 Å². The fraction of sp³-hybridized carbons (Fsp3) is 0.176. The number of rotatable bonds is 6. The number of methoxy groups -OCH3 is 2. The van der Waals surface area contributed by atoms with Gasteiger partial charge in [0, 0.05) is 18.3 Å². The van der Waals surface area contributed by atoms with Gasteiger partial charge in [-0.25, -0.2) is 9.97 Å². The SMILES string of the molecule is COc1ccc(NC(=O)c2ccnc(Nc3cc(C)on3)n2)c(OC)c1. The van der Waals surface area contributed by atoms with Crippen molar-refractivity contribution in [1.29, 1.82) is 0 Å². The van der Waals surface area contributed by atoms with Crippen LogP contribution < -0.4 is 20.1 Å². The summed E-state index contributed by atoms with van der Waals surface area (Å²) in [6.45, 7) is 1.77. The Kier molecular flexibility index (Phi) is 4.97. The van der Waals surface area contributed by atoms with E-state index in [1.165, 1.54) is 19.4 Å². The van der Waals surface area contributed by atoms with Gasteiger partial charge in [-0.15, -0.1) is 0 Å². The standard InChI is InChI=1S/C17H17N5O4/c1-10-8-15(22-26-10)21-17-18-7-6-13(20-17)16(23)19-12-5-4-11(24-2)9-14(12)25-3/h4-9H,1-3H3,(H,19,23)(H,18,20,21,22). The highest BCUT2D eigenvalue weighted by molar-refractivity contribution is 6.03. The average molecular weight is 355 g/mol. The fourth-order valence-corrected chi connectivity index (χ4v) is 2.17. The number of nitrogens with one attached hydrogen (secondary N) is 2. The minimum atomic E-state index is -0.407. The number of carbonyl (C=O) groups is 1. The van der Waals surface area contributed by atoms with E-state index >= 15 is 0 Å². The first-order valence-corrected chi connectivity index (χ1v) is 7.66. The van der Waals surface area contributed by atoms with Gasteiger partial charge in [-0.1, -0.05) is 5.16 Å². The molecule has 0 atom stereocenters. The van der Waals surface area contributed by atoms with Gasteiger partial charge in [-0.3, -0.25) is 4.79 Å². The van der Waals surface area contributed by atoms with Gasteiger partial charge >= 0.3 is 0 Å². The maximum absolute atomic E-state index is 12.5. The summed E-state index contributed by atoms with van der Waals surface area (Å²) in [6.07, 6.45) is 1.47. The van der Waals surface area contributed by atoms with E-state index in [1.807, 2.05) is 0 Å². The molecule has 0 unspecified atom stereocenters. The van der Waals surface area contributed by atoms with Crippen LogP contribution in [0.3, 0.4) is 0 Å². The summed E-state index contributed by atoms with van der Waals surface area (Å²) >= 11 is 0. The Balaban J connectivity index is 1.77. The van der Waals surface area contributed by atoms with E-state index in [0.29, 0.717) is 28.8 Å². The van der Waals surface area contributed by atoms with E-state index < -0.39 is 5.91 Å². The van der Waals surface area contributed by atoms with Crippen molar-refractivity contribution in [1.82, 2.24) is 15.1 Å². The van der Waals surface area contributed by atoms with Gasteiger partial charge in [-0.2, -0.15) is 0 Å². The van der Waals surface area contributed by atoms with E-state index in [0.717, 1.165) is 0 Å². The first-order valence-electron chi connectivity index (χ1n) is 7.66. The second-order valence-corrected chi connectivity index (χ2v) is 5.23.